The zero-order valence-electron chi connectivity index (χ0n) is 9.90. The molecule has 5 heteroatoms. The summed E-state index contributed by atoms with van der Waals surface area (Å²) >= 11 is 0. The van der Waals surface area contributed by atoms with E-state index in [-0.39, 0.29) is 0 Å². The molecule has 0 aliphatic heterocycles. The molecule has 88 valence electrons. The van der Waals surface area contributed by atoms with E-state index in [4.69, 9.17) is 0 Å². The van der Waals surface area contributed by atoms with Gasteiger partial charge in [0.1, 0.15) is 0 Å². The molecule has 2 N–H and O–H groups in total. The van der Waals surface area contributed by atoms with Gasteiger partial charge in [0.2, 0.25) is 0 Å². The molecule has 0 aliphatic rings. The lowest BCUT2D eigenvalue weighted by Crippen LogP contribution is -2.38. The summed E-state index contributed by atoms with van der Waals surface area (Å²) in [6.45, 7) is 7.99. The van der Waals surface area contributed by atoms with Gasteiger partial charge >= 0.3 is 0 Å². The Morgan fingerprint density at radius 2 is 2.44 bits per heavy atom. The third-order valence-electron chi connectivity index (χ3n) is 2.03. The van der Waals surface area contributed by atoms with Gasteiger partial charge in [-0.25, -0.2) is 0 Å². The lowest BCUT2D eigenvalue weighted by Gasteiger charge is -2.10. The molecular formula is C11H19N5. The number of aryl methyl sites for hydroxylation is 1. The van der Waals surface area contributed by atoms with Gasteiger partial charge in [0.15, 0.2) is 5.96 Å². The quantitative estimate of drug-likeness (QED) is 0.433. The first-order valence-electron chi connectivity index (χ1n) is 5.30. The highest BCUT2D eigenvalue weighted by Gasteiger charge is 1.96. The van der Waals surface area contributed by atoms with Gasteiger partial charge in [-0.3, -0.25) is 9.67 Å². The second kappa shape index (κ2) is 6.66. The monoisotopic (exact) mass is 221 g/mol. The van der Waals surface area contributed by atoms with Crippen LogP contribution >= 0.6 is 0 Å². The van der Waals surface area contributed by atoms with Gasteiger partial charge in [-0.1, -0.05) is 6.08 Å². The van der Waals surface area contributed by atoms with Crippen LogP contribution < -0.4 is 10.6 Å². The van der Waals surface area contributed by atoms with Crippen LogP contribution in [0, 0.1) is 6.92 Å². The maximum absolute atomic E-state index is 4.20. The van der Waals surface area contributed by atoms with Crippen LogP contribution in [0.3, 0.4) is 0 Å². The topological polar surface area (TPSA) is 54.2 Å². The molecule has 0 amide bonds. The minimum absolute atomic E-state index is 0.709. The van der Waals surface area contributed by atoms with E-state index >= 15 is 0 Å². The van der Waals surface area contributed by atoms with Gasteiger partial charge in [0.25, 0.3) is 0 Å². The number of guanidine groups is 1. The molecule has 0 radical (unpaired) electrons. The first-order valence-corrected chi connectivity index (χ1v) is 5.30. The van der Waals surface area contributed by atoms with E-state index in [1.165, 1.54) is 5.56 Å². The van der Waals surface area contributed by atoms with E-state index in [9.17, 15) is 0 Å². The summed E-state index contributed by atoms with van der Waals surface area (Å²) in [6.07, 6.45) is 5.66. The van der Waals surface area contributed by atoms with Crippen LogP contribution in [0.4, 0.5) is 0 Å². The molecule has 1 rings (SSSR count). The van der Waals surface area contributed by atoms with Crippen molar-refractivity contribution in [2.75, 3.05) is 20.1 Å². The van der Waals surface area contributed by atoms with Gasteiger partial charge < -0.3 is 10.6 Å². The van der Waals surface area contributed by atoms with Gasteiger partial charge in [-0.2, -0.15) is 5.10 Å². The van der Waals surface area contributed by atoms with Crippen molar-refractivity contribution in [3.63, 3.8) is 0 Å². The van der Waals surface area contributed by atoms with Gasteiger partial charge in [0.05, 0.1) is 12.7 Å². The van der Waals surface area contributed by atoms with Crippen molar-refractivity contribution < 1.29 is 0 Å². The number of hydrogen-bond donors (Lipinski definition) is 2. The van der Waals surface area contributed by atoms with Gasteiger partial charge in [0, 0.05) is 26.3 Å². The van der Waals surface area contributed by atoms with Crippen LogP contribution in [-0.4, -0.2) is 35.9 Å². The second-order valence-corrected chi connectivity index (χ2v) is 3.45. The molecule has 0 unspecified atom stereocenters. The second-order valence-electron chi connectivity index (χ2n) is 3.45. The van der Waals surface area contributed by atoms with Crippen LogP contribution in [0.15, 0.2) is 30.0 Å². The number of aliphatic imine (C=N–C) groups is 1. The minimum atomic E-state index is 0.709. The maximum Gasteiger partial charge on any atom is 0.191 e. The molecule has 1 aromatic heterocycles. The summed E-state index contributed by atoms with van der Waals surface area (Å²) in [5.74, 6) is 0.781. The summed E-state index contributed by atoms with van der Waals surface area (Å²) in [4.78, 5) is 4.08. The Morgan fingerprint density at radius 1 is 1.62 bits per heavy atom. The molecular weight excluding hydrogens is 202 g/mol. The molecule has 0 saturated carbocycles. The Bertz CT molecular complexity index is 353. The summed E-state index contributed by atoms with van der Waals surface area (Å²) in [5, 5.41) is 10.5. The van der Waals surface area contributed by atoms with Gasteiger partial charge in [-0.15, -0.1) is 6.58 Å². The fourth-order valence-electron chi connectivity index (χ4n) is 1.27. The summed E-state index contributed by atoms with van der Waals surface area (Å²) in [6, 6.07) is 0. The van der Waals surface area contributed by atoms with E-state index < -0.39 is 0 Å². The Kier molecular flexibility index (Phi) is 5.11. The highest BCUT2D eigenvalue weighted by atomic mass is 15.3. The van der Waals surface area contributed by atoms with Crippen LogP contribution in [0.2, 0.25) is 0 Å². The smallest absolute Gasteiger partial charge is 0.191 e. The fourth-order valence-corrected chi connectivity index (χ4v) is 1.27. The van der Waals surface area contributed by atoms with Crippen molar-refractivity contribution in [3.8, 4) is 0 Å². The van der Waals surface area contributed by atoms with E-state index in [1.54, 1.807) is 13.1 Å². The van der Waals surface area contributed by atoms with Crippen molar-refractivity contribution in [2.45, 2.75) is 13.5 Å². The Balaban J connectivity index is 2.26. The van der Waals surface area contributed by atoms with Crippen molar-refractivity contribution in [2.24, 2.45) is 4.99 Å². The highest BCUT2D eigenvalue weighted by molar-refractivity contribution is 5.79. The molecule has 5 nitrogen and oxygen atoms in total. The number of aromatic nitrogens is 2. The highest BCUT2D eigenvalue weighted by Crippen LogP contribution is 1.92. The van der Waals surface area contributed by atoms with Crippen molar-refractivity contribution in [3.05, 3.63) is 30.6 Å². The molecule has 16 heavy (non-hydrogen) atoms. The average molecular weight is 221 g/mol. The summed E-state index contributed by atoms with van der Waals surface area (Å²) in [5.41, 5.74) is 1.18. The number of nitrogens with zero attached hydrogens (tertiary/aromatic N) is 3. The number of rotatable bonds is 5. The largest absolute Gasteiger partial charge is 0.355 e. The SMILES string of the molecule is C=CCNC(=NC)NCCn1cc(C)cn1. The lowest BCUT2D eigenvalue weighted by molar-refractivity contribution is 0.599. The zero-order chi connectivity index (χ0) is 11.8. The fraction of sp³-hybridized carbons (Fsp3) is 0.455. The van der Waals surface area contributed by atoms with Crippen LogP contribution in [0.25, 0.3) is 0 Å². The predicted octanol–water partition coefficient (Wildman–Crippen LogP) is 0.543. The van der Waals surface area contributed by atoms with E-state index in [0.717, 1.165) is 19.0 Å². The van der Waals surface area contributed by atoms with Crippen molar-refractivity contribution in [1.29, 1.82) is 0 Å². The summed E-state index contributed by atoms with van der Waals surface area (Å²) < 4.78 is 1.91. The molecule has 1 aromatic rings. The molecule has 0 fully saturated rings. The maximum atomic E-state index is 4.20. The average Bonchev–Trinajstić information content (AvgIpc) is 2.69. The van der Waals surface area contributed by atoms with Gasteiger partial charge in [-0.05, 0) is 12.5 Å². The third-order valence-corrected chi connectivity index (χ3v) is 2.03. The molecule has 0 saturated heterocycles. The van der Waals surface area contributed by atoms with Crippen LogP contribution in [0.5, 0.6) is 0 Å². The van der Waals surface area contributed by atoms with Crippen LogP contribution in [0.1, 0.15) is 5.56 Å². The molecule has 0 bridgehead atoms. The molecule has 0 spiro atoms. The first-order chi connectivity index (χ1) is 7.76. The third kappa shape index (κ3) is 4.16. The van der Waals surface area contributed by atoms with E-state index in [0.29, 0.717) is 6.54 Å². The predicted molar refractivity (Wildman–Crippen MR) is 66.5 cm³/mol. The first kappa shape index (κ1) is 12.3. The lowest BCUT2D eigenvalue weighted by atomic mass is 10.4. The normalized spacial score (nSPS) is 11.2. The molecule has 1 heterocycles. The Labute approximate surface area is 96.3 Å². The van der Waals surface area contributed by atoms with Crippen LogP contribution in [-0.2, 0) is 6.54 Å². The number of hydrogen-bond acceptors (Lipinski definition) is 2. The van der Waals surface area contributed by atoms with Crippen molar-refractivity contribution in [1.82, 2.24) is 20.4 Å². The number of nitrogens with one attached hydrogen (secondary N) is 2. The Hall–Kier alpha value is -1.78. The zero-order valence-corrected chi connectivity index (χ0v) is 9.90. The molecule has 0 aliphatic carbocycles. The van der Waals surface area contributed by atoms with E-state index in [1.807, 2.05) is 24.0 Å². The Morgan fingerprint density at radius 3 is 3.00 bits per heavy atom. The molecule has 0 atom stereocenters. The van der Waals surface area contributed by atoms with E-state index in [2.05, 4.69) is 27.3 Å². The minimum Gasteiger partial charge on any atom is -0.355 e. The van der Waals surface area contributed by atoms with Crippen molar-refractivity contribution >= 4 is 5.96 Å². The summed E-state index contributed by atoms with van der Waals surface area (Å²) in [7, 11) is 1.75. The standard InChI is InChI=1S/C11H19N5/c1-4-5-13-11(12-3)14-6-7-16-9-10(2)8-15-16/h4,8-9H,1,5-7H2,2-3H3,(H2,12,13,14). The molecule has 0 aromatic carbocycles.